The van der Waals surface area contributed by atoms with Gasteiger partial charge in [0, 0.05) is 26.1 Å². The van der Waals surface area contributed by atoms with E-state index in [1.54, 1.807) is 0 Å². The first-order chi connectivity index (χ1) is 8.70. The van der Waals surface area contributed by atoms with Gasteiger partial charge in [0.2, 0.25) is 0 Å². The molecule has 0 aromatic rings. The van der Waals surface area contributed by atoms with Crippen molar-refractivity contribution in [1.82, 2.24) is 0 Å². The third-order valence-corrected chi connectivity index (χ3v) is 8.52. The highest BCUT2D eigenvalue weighted by atomic mass is 28.4. The summed E-state index contributed by atoms with van der Waals surface area (Å²) in [5, 5.41) is 8.90. The van der Waals surface area contributed by atoms with Crippen LogP contribution in [0.15, 0.2) is 0 Å². The molecule has 0 rings (SSSR count). The molecule has 0 radical (unpaired) electrons. The van der Waals surface area contributed by atoms with Crippen LogP contribution in [0.5, 0.6) is 0 Å². The Hall–Kier alpha value is -0.193. The second-order valence-corrected chi connectivity index (χ2v) is 11.6. The number of unbranched alkanes of at least 4 members (excludes halogenated alkanes) is 2. The van der Waals surface area contributed by atoms with Gasteiger partial charge in [-0.25, -0.2) is 0 Å². The molecule has 0 unspecified atom stereocenters. The van der Waals surface area contributed by atoms with E-state index in [0.29, 0.717) is 18.6 Å². The molecule has 0 saturated heterocycles. The van der Waals surface area contributed by atoms with Crippen molar-refractivity contribution in [3.05, 3.63) is 0 Å². The zero-order valence-electron chi connectivity index (χ0n) is 13.4. The molecule has 0 fully saturated rings. The summed E-state index contributed by atoms with van der Waals surface area (Å²) in [6.45, 7) is 12.2. The Labute approximate surface area is 119 Å². The number of carbonyl (C=O) groups excluding carboxylic acids is 1. The third kappa shape index (κ3) is 8.55. The van der Waals surface area contributed by atoms with Gasteiger partial charge in [0.25, 0.3) is 0 Å². The van der Waals surface area contributed by atoms with Crippen molar-refractivity contribution in [2.75, 3.05) is 13.2 Å². The highest BCUT2D eigenvalue weighted by molar-refractivity contribution is 6.74. The maximum atomic E-state index is 11.5. The van der Waals surface area contributed by atoms with Gasteiger partial charge in [-0.15, -0.1) is 0 Å². The predicted octanol–water partition coefficient (Wildman–Crippen LogP) is 3.91. The molecule has 0 aromatic carbocycles. The van der Waals surface area contributed by atoms with Crippen LogP contribution >= 0.6 is 0 Å². The summed E-state index contributed by atoms with van der Waals surface area (Å²) >= 11 is 0. The van der Waals surface area contributed by atoms with Crippen LogP contribution in [0, 0.1) is 0 Å². The van der Waals surface area contributed by atoms with Crippen LogP contribution in [0.4, 0.5) is 0 Å². The van der Waals surface area contributed by atoms with E-state index in [1.807, 2.05) is 0 Å². The minimum Gasteiger partial charge on any atom is -0.417 e. The molecular formula is C15H32O3Si. The summed E-state index contributed by atoms with van der Waals surface area (Å²) < 4.78 is 6.07. The quantitative estimate of drug-likeness (QED) is 0.490. The monoisotopic (exact) mass is 288 g/mol. The second kappa shape index (κ2) is 8.87. The van der Waals surface area contributed by atoms with Gasteiger partial charge < -0.3 is 9.53 Å². The lowest BCUT2D eigenvalue weighted by Gasteiger charge is -2.36. The van der Waals surface area contributed by atoms with Crippen LogP contribution in [0.1, 0.15) is 59.3 Å². The number of aliphatic hydroxyl groups excluding tert-OH is 1. The predicted molar refractivity (Wildman–Crippen MR) is 82.9 cm³/mol. The first-order valence-electron chi connectivity index (χ1n) is 7.47. The summed E-state index contributed by atoms with van der Waals surface area (Å²) in [5.74, 6) is 0.320. The van der Waals surface area contributed by atoms with Gasteiger partial charge in [-0.3, -0.25) is 4.79 Å². The van der Waals surface area contributed by atoms with E-state index in [-0.39, 0.29) is 11.6 Å². The van der Waals surface area contributed by atoms with Crippen LogP contribution in [0.3, 0.4) is 0 Å². The molecule has 3 nitrogen and oxygen atoms in total. The number of aliphatic hydroxyl groups is 1. The van der Waals surface area contributed by atoms with Gasteiger partial charge in [-0.2, -0.15) is 0 Å². The minimum atomic E-state index is -1.62. The molecule has 4 heteroatoms. The number of hydrogen-bond acceptors (Lipinski definition) is 3. The summed E-state index contributed by atoms with van der Waals surface area (Å²) in [6, 6.07) is 0. The molecule has 0 aliphatic rings. The van der Waals surface area contributed by atoms with Gasteiger partial charge in [0.05, 0.1) is 0 Å². The lowest BCUT2D eigenvalue weighted by Crippen LogP contribution is -2.40. The highest BCUT2D eigenvalue weighted by Crippen LogP contribution is 2.36. The molecule has 0 aliphatic carbocycles. The fourth-order valence-corrected chi connectivity index (χ4v) is 2.61. The summed E-state index contributed by atoms with van der Waals surface area (Å²) in [6.07, 6.45) is 4.72. The van der Waals surface area contributed by atoms with E-state index in [9.17, 15) is 4.79 Å². The summed E-state index contributed by atoms with van der Waals surface area (Å²) in [5.41, 5.74) is 0. The van der Waals surface area contributed by atoms with Crippen molar-refractivity contribution in [3.8, 4) is 0 Å². The molecule has 0 aromatic heterocycles. The Bertz CT molecular complexity index is 257. The fourth-order valence-electron chi connectivity index (χ4n) is 1.53. The molecule has 0 amide bonds. The van der Waals surface area contributed by atoms with E-state index in [1.165, 1.54) is 0 Å². The fraction of sp³-hybridized carbons (Fsp3) is 0.933. The number of ketones is 1. The molecule has 1 N–H and O–H groups in total. The Balaban J connectivity index is 3.63. The van der Waals surface area contributed by atoms with E-state index >= 15 is 0 Å². The zero-order valence-corrected chi connectivity index (χ0v) is 14.4. The lowest BCUT2D eigenvalue weighted by atomic mass is 10.1. The van der Waals surface area contributed by atoms with Gasteiger partial charge in [0.15, 0.2) is 8.32 Å². The number of carbonyl (C=O) groups is 1. The molecule has 114 valence electrons. The molecule has 0 bridgehead atoms. The van der Waals surface area contributed by atoms with Crippen LogP contribution in [-0.2, 0) is 9.22 Å². The normalized spacial score (nSPS) is 12.7. The third-order valence-electron chi connectivity index (χ3n) is 3.98. The largest absolute Gasteiger partial charge is 0.417 e. The number of rotatable bonds is 10. The van der Waals surface area contributed by atoms with Gasteiger partial charge in [-0.05, 0) is 43.8 Å². The Morgan fingerprint density at radius 1 is 1.05 bits per heavy atom. The van der Waals surface area contributed by atoms with Crippen LogP contribution < -0.4 is 0 Å². The minimum absolute atomic E-state index is 0.188. The van der Waals surface area contributed by atoms with E-state index < -0.39 is 8.32 Å². The summed E-state index contributed by atoms with van der Waals surface area (Å²) in [4.78, 5) is 11.5. The van der Waals surface area contributed by atoms with Crippen molar-refractivity contribution in [2.45, 2.75) is 77.4 Å². The van der Waals surface area contributed by atoms with E-state index in [0.717, 1.165) is 32.3 Å². The van der Waals surface area contributed by atoms with Crippen LogP contribution in [-0.4, -0.2) is 32.4 Å². The lowest BCUT2D eigenvalue weighted by molar-refractivity contribution is -0.119. The van der Waals surface area contributed by atoms with Gasteiger partial charge in [-0.1, -0.05) is 20.8 Å². The molecule has 0 heterocycles. The Morgan fingerprint density at radius 3 is 2.05 bits per heavy atom. The maximum Gasteiger partial charge on any atom is 0.191 e. The molecule has 0 aliphatic heterocycles. The second-order valence-electron chi connectivity index (χ2n) is 6.79. The van der Waals surface area contributed by atoms with Gasteiger partial charge in [0.1, 0.15) is 5.78 Å². The van der Waals surface area contributed by atoms with Crippen molar-refractivity contribution in [2.24, 2.45) is 0 Å². The molecule has 0 spiro atoms. The van der Waals surface area contributed by atoms with Crippen molar-refractivity contribution in [1.29, 1.82) is 0 Å². The molecule has 0 atom stereocenters. The smallest absolute Gasteiger partial charge is 0.191 e. The first kappa shape index (κ1) is 18.8. The Morgan fingerprint density at radius 2 is 1.58 bits per heavy atom. The Kier molecular flexibility index (Phi) is 8.78. The van der Waals surface area contributed by atoms with E-state index in [2.05, 4.69) is 33.9 Å². The molecule has 19 heavy (non-hydrogen) atoms. The standard InChI is InChI=1S/C15H32O3Si/c1-15(2,3)19(4,5)18-13-9-7-11-14(17)10-6-8-12-16/h16H,6-13H2,1-5H3. The van der Waals surface area contributed by atoms with Crippen LogP contribution in [0.2, 0.25) is 18.1 Å². The number of Topliss-reactive ketones (excluding diaryl/α,β-unsaturated/α-hetero) is 1. The maximum absolute atomic E-state index is 11.5. The highest BCUT2D eigenvalue weighted by Gasteiger charge is 2.36. The van der Waals surface area contributed by atoms with Crippen molar-refractivity contribution in [3.63, 3.8) is 0 Å². The van der Waals surface area contributed by atoms with Crippen molar-refractivity contribution >= 4 is 14.1 Å². The topological polar surface area (TPSA) is 46.5 Å². The average molecular weight is 289 g/mol. The first-order valence-corrected chi connectivity index (χ1v) is 10.4. The number of hydrogen-bond donors (Lipinski definition) is 1. The van der Waals surface area contributed by atoms with Crippen LogP contribution in [0.25, 0.3) is 0 Å². The van der Waals surface area contributed by atoms with E-state index in [4.69, 9.17) is 9.53 Å². The molecular weight excluding hydrogens is 256 g/mol. The average Bonchev–Trinajstić information content (AvgIpc) is 2.27. The summed E-state index contributed by atoms with van der Waals surface area (Å²) in [7, 11) is -1.62. The molecule has 0 saturated carbocycles. The van der Waals surface area contributed by atoms with Gasteiger partial charge >= 0.3 is 0 Å². The zero-order chi connectivity index (χ0) is 14.9. The van der Waals surface area contributed by atoms with Crippen molar-refractivity contribution < 1.29 is 14.3 Å². The SMILES string of the molecule is CC(C)(C)[Si](C)(C)OCCCCC(=O)CCCCO.